The van der Waals surface area contributed by atoms with Crippen LogP contribution in [0.15, 0.2) is 0 Å². The van der Waals surface area contributed by atoms with Crippen molar-refractivity contribution < 1.29 is 9.53 Å². The van der Waals surface area contributed by atoms with E-state index in [1.54, 1.807) is 0 Å². The minimum atomic E-state index is 0.0359. The van der Waals surface area contributed by atoms with Gasteiger partial charge < -0.3 is 20.7 Å². The molecule has 0 radical (unpaired) electrons. The van der Waals surface area contributed by atoms with Crippen LogP contribution in [0.3, 0.4) is 0 Å². The first-order valence-corrected chi connectivity index (χ1v) is 6.05. The number of carbonyl (C=O) groups excluding carboxylic acids is 1. The van der Waals surface area contributed by atoms with Crippen LogP contribution in [0.5, 0.6) is 0 Å². The fourth-order valence-corrected chi connectivity index (χ4v) is 2.51. The number of nitrogens with two attached hydrogens (primary N) is 1. The van der Waals surface area contributed by atoms with E-state index in [-0.39, 0.29) is 18.1 Å². The van der Waals surface area contributed by atoms with Crippen LogP contribution in [-0.4, -0.2) is 49.3 Å². The van der Waals surface area contributed by atoms with E-state index in [0.717, 1.165) is 32.6 Å². The Morgan fingerprint density at radius 3 is 2.88 bits per heavy atom. The summed E-state index contributed by atoms with van der Waals surface area (Å²) in [6.45, 7) is 5.01. The molecule has 0 spiro atoms. The minimum Gasteiger partial charge on any atom is -0.381 e. The summed E-state index contributed by atoms with van der Waals surface area (Å²) in [4.78, 5) is 13.5. The van der Waals surface area contributed by atoms with Gasteiger partial charge in [0.25, 0.3) is 0 Å². The van der Waals surface area contributed by atoms with Crippen LogP contribution >= 0.6 is 0 Å². The second kappa shape index (κ2) is 5.01. The normalized spacial score (nSPS) is 29.2. The molecule has 2 unspecified atom stereocenters. The van der Waals surface area contributed by atoms with E-state index < -0.39 is 0 Å². The molecule has 0 saturated carbocycles. The largest absolute Gasteiger partial charge is 0.381 e. The second-order valence-electron chi connectivity index (χ2n) is 4.89. The smallest absolute Gasteiger partial charge is 0.317 e. The summed E-state index contributed by atoms with van der Waals surface area (Å²) in [5.41, 5.74) is 5.72. The molecule has 0 aromatic heterocycles. The fraction of sp³-hybridized carbons (Fsp3) is 0.909. The highest BCUT2D eigenvalue weighted by atomic mass is 16.5. The molecule has 0 aromatic rings. The van der Waals surface area contributed by atoms with Crippen LogP contribution in [0.4, 0.5) is 4.79 Å². The van der Waals surface area contributed by atoms with Crippen LogP contribution in [0.1, 0.15) is 19.8 Å². The van der Waals surface area contributed by atoms with Gasteiger partial charge in [-0.2, -0.15) is 0 Å². The standard InChI is InChI=1S/C11H21N3O2/c1-8(12)6-14-7-10(13-11(14)15)9-2-4-16-5-3-9/h8-10H,2-7,12H2,1H3,(H,13,15). The van der Waals surface area contributed by atoms with Crippen molar-refractivity contribution in [2.24, 2.45) is 11.7 Å². The van der Waals surface area contributed by atoms with Gasteiger partial charge in [-0.3, -0.25) is 0 Å². The molecule has 16 heavy (non-hydrogen) atoms. The Kier molecular flexibility index (Phi) is 3.66. The average molecular weight is 227 g/mol. The zero-order chi connectivity index (χ0) is 11.5. The number of rotatable bonds is 3. The number of carbonyl (C=O) groups is 1. The predicted molar refractivity (Wildman–Crippen MR) is 61.1 cm³/mol. The highest BCUT2D eigenvalue weighted by molar-refractivity contribution is 5.77. The number of amides is 2. The minimum absolute atomic E-state index is 0.0359. The molecular weight excluding hydrogens is 206 g/mol. The summed E-state index contributed by atoms with van der Waals surface area (Å²) < 4.78 is 5.33. The number of nitrogens with one attached hydrogen (secondary N) is 1. The van der Waals surface area contributed by atoms with Gasteiger partial charge in [0.15, 0.2) is 0 Å². The van der Waals surface area contributed by atoms with Gasteiger partial charge in [-0.1, -0.05) is 0 Å². The van der Waals surface area contributed by atoms with Gasteiger partial charge in [-0.15, -0.1) is 0 Å². The molecule has 0 bridgehead atoms. The summed E-state index contributed by atoms with van der Waals surface area (Å²) in [7, 11) is 0. The summed E-state index contributed by atoms with van der Waals surface area (Å²) in [6, 6.07) is 0.364. The molecule has 2 atom stereocenters. The Labute approximate surface area is 96.3 Å². The van der Waals surface area contributed by atoms with E-state index in [9.17, 15) is 4.79 Å². The maximum Gasteiger partial charge on any atom is 0.317 e. The van der Waals surface area contributed by atoms with Crippen LogP contribution in [0.2, 0.25) is 0 Å². The first-order valence-electron chi connectivity index (χ1n) is 6.05. The molecule has 5 nitrogen and oxygen atoms in total. The Hall–Kier alpha value is -0.810. The van der Waals surface area contributed by atoms with Gasteiger partial charge in [0.2, 0.25) is 0 Å². The molecule has 2 aliphatic rings. The molecule has 2 heterocycles. The molecule has 0 aromatic carbocycles. The first-order chi connectivity index (χ1) is 7.66. The molecule has 2 fully saturated rings. The van der Waals surface area contributed by atoms with Crippen LogP contribution in [0, 0.1) is 5.92 Å². The number of hydrogen-bond acceptors (Lipinski definition) is 3. The van der Waals surface area contributed by atoms with Gasteiger partial charge >= 0.3 is 6.03 Å². The molecule has 2 rings (SSSR count). The maximum absolute atomic E-state index is 11.7. The quantitative estimate of drug-likeness (QED) is 0.721. The lowest BCUT2D eigenvalue weighted by Gasteiger charge is -2.27. The van der Waals surface area contributed by atoms with Gasteiger partial charge in [-0.05, 0) is 25.7 Å². The first kappa shape index (κ1) is 11.7. The highest BCUT2D eigenvalue weighted by Gasteiger charge is 2.34. The Balaban J connectivity index is 1.87. The van der Waals surface area contributed by atoms with E-state index in [2.05, 4.69) is 5.32 Å². The van der Waals surface area contributed by atoms with Gasteiger partial charge in [0.1, 0.15) is 0 Å². The van der Waals surface area contributed by atoms with Crippen LogP contribution in [0.25, 0.3) is 0 Å². The van der Waals surface area contributed by atoms with Crippen molar-refractivity contribution in [3.05, 3.63) is 0 Å². The number of urea groups is 1. The summed E-state index contributed by atoms with van der Waals surface area (Å²) in [6.07, 6.45) is 2.11. The third-order valence-electron chi connectivity index (χ3n) is 3.36. The molecule has 2 saturated heterocycles. The van der Waals surface area contributed by atoms with E-state index in [0.29, 0.717) is 12.5 Å². The lowest BCUT2D eigenvalue weighted by molar-refractivity contribution is 0.0566. The van der Waals surface area contributed by atoms with Crippen molar-refractivity contribution >= 4 is 6.03 Å². The van der Waals surface area contributed by atoms with E-state index in [4.69, 9.17) is 10.5 Å². The molecule has 0 aliphatic carbocycles. The summed E-state index contributed by atoms with van der Waals surface area (Å²) in [5.74, 6) is 0.566. The van der Waals surface area contributed by atoms with E-state index in [1.807, 2.05) is 11.8 Å². The Bertz CT molecular complexity index is 252. The van der Waals surface area contributed by atoms with Crippen molar-refractivity contribution in [3.8, 4) is 0 Å². The monoisotopic (exact) mass is 227 g/mol. The molecule has 92 valence electrons. The molecule has 2 amide bonds. The average Bonchev–Trinajstić information content (AvgIpc) is 2.61. The van der Waals surface area contributed by atoms with E-state index in [1.165, 1.54) is 0 Å². The van der Waals surface area contributed by atoms with Crippen molar-refractivity contribution in [1.82, 2.24) is 10.2 Å². The zero-order valence-electron chi connectivity index (χ0n) is 9.82. The van der Waals surface area contributed by atoms with Crippen molar-refractivity contribution in [1.29, 1.82) is 0 Å². The molecule has 3 N–H and O–H groups in total. The van der Waals surface area contributed by atoms with Crippen LogP contribution in [-0.2, 0) is 4.74 Å². The van der Waals surface area contributed by atoms with Crippen molar-refractivity contribution in [2.45, 2.75) is 31.8 Å². The number of nitrogens with zero attached hydrogens (tertiary/aromatic N) is 1. The topological polar surface area (TPSA) is 67.6 Å². The number of ether oxygens (including phenoxy) is 1. The lowest BCUT2D eigenvalue weighted by Crippen LogP contribution is -2.37. The summed E-state index contributed by atoms with van der Waals surface area (Å²) in [5, 5.41) is 3.05. The van der Waals surface area contributed by atoms with Crippen molar-refractivity contribution in [2.75, 3.05) is 26.3 Å². The Morgan fingerprint density at radius 1 is 1.56 bits per heavy atom. The predicted octanol–water partition coefficient (Wildman–Crippen LogP) is 0.154. The third-order valence-corrected chi connectivity index (χ3v) is 3.36. The highest BCUT2D eigenvalue weighted by Crippen LogP contribution is 2.22. The third kappa shape index (κ3) is 2.65. The molecule has 5 heteroatoms. The molecule has 2 aliphatic heterocycles. The fourth-order valence-electron chi connectivity index (χ4n) is 2.51. The zero-order valence-corrected chi connectivity index (χ0v) is 9.82. The second-order valence-corrected chi connectivity index (χ2v) is 4.89. The van der Waals surface area contributed by atoms with E-state index >= 15 is 0 Å². The van der Waals surface area contributed by atoms with Crippen LogP contribution < -0.4 is 11.1 Å². The SMILES string of the molecule is CC(N)CN1CC(C2CCOCC2)NC1=O. The maximum atomic E-state index is 11.7. The lowest BCUT2D eigenvalue weighted by atomic mass is 9.92. The van der Waals surface area contributed by atoms with Gasteiger partial charge in [0.05, 0.1) is 6.04 Å². The molecular formula is C11H21N3O2. The van der Waals surface area contributed by atoms with Gasteiger partial charge in [0, 0.05) is 32.3 Å². The van der Waals surface area contributed by atoms with Gasteiger partial charge in [-0.25, -0.2) is 4.79 Å². The summed E-state index contributed by atoms with van der Waals surface area (Å²) >= 11 is 0. The number of hydrogen-bond donors (Lipinski definition) is 2. The van der Waals surface area contributed by atoms with Crippen molar-refractivity contribution in [3.63, 3.8) is 0 Å². The Morgan fingerprint density at radius 2 is 2.25 bits per heavy atom.